The van der Waals surface area contributed by atoms with Gasteiger partial charge >= 0.3 is 5.97 Å². The molecule has 0 aliphatic carbocycles. The minimum atomic E-state index is -0.431. The van der Waals surface area contributed by atoms with Gasteiger partial charge in [-0.1, -0.05) is 6.07 Å². The van der Waals surface area contributed by atoms with E-state index in [1.807, 2.05) is 26.0 Å². The zero-order valence-corrected chi connectivity index (χ0v) is 12.9. The summed E-state index contributed by atoms with van der Waals surface area (Å²) in [5.74, 6) is 0.666. The van der Waals surface area contributed by atoms with Crippen molar-refractivity contribution in [2.24, 2.45) is 0 Å². The van der Waals surface area contributed by atoms with Crippen molar-refractivity contribution in [1.82, 2.24) is 4.98 Å². The number of hydrogen-bond donors (Lipinski definition) is 0. The first-order valence-electron chi connectivity index (χ1n) is 7.02. The second-order valence-electron chi connectivity index (χ2n) is 4.93. The maximum atomic E-state index is 12.1. The number of carbonyl (C=O) groups is 1. The fourth-order valence-electron chi connectivity index (χ4n) is 1.85. The van der Waals surface area contributed by atoms with Gasteiger partial charge in [-0.2, -0.15) is 0 Å². The largest absolute Gasteiger partial charge is 0.493 e. The Balaban J connectivity index is 2.06. The Hall–Kier alpha value is -2.56. The van der Waals surface area contributed by atoms with Crippen LogP contribution >= 0.6 is 0 Å². The average Bonchev–Trinajstić information content (AvgIpc) is 2.53. The lowest BCUT2D eigenvalue weighted by molar-refractivity contribution is 0.0467. The molecule has 22 heavy (non-hydrogen) atoms. The van der Waals surface area contributed by atoms with Crippen LogP contribution in [-0.2, 0) is 11.3 Å². The Morgan fingerprint density at radius 1 is 1.18 bits per heavy atom. The van der Waals surface area contributed by atoms with E-state index in [1.165, 1.54) is 7.11 Å². The highest BCUT2D eigenvalue weighted by atomic mass is 16.5. The van der Waals surface area contributed by atoms with Crippen LogP contribution in [0, 0.1) is 0 Å². The van der Waals surface area contributed by atoms with Crippen LogP contribution in [0.25, 0.3) is 0 Å². The van der Waals surface area contributed by atoms with E-state index in [1.54, 1.807) is 30.5 Å². The van der Waals surface area contributed by atoms with Gasteiger partial charge < -0.3 is 14.2 Å². The predicted octanol–water partition coefficient (Wildman–Crippen LogP) is 3.23. The number of nitrogens with zero attached hydrogens (tertiary/aromatic N) is 1. The number of methoxy groups -OCH3 is 1. The molecule has 1 aromatic heterocycles. The number of hydrogen-bond acceptors (Lipinski definition) is 5. The highest BCUT2D eigenvalue weighted by Crippen LogP contribution is 2.29. The van der Waals surface area contributed by atoms with Gasteiger partial charge in [-0.15, -0.1) is 0 Å². The van der Waals surface area contributed by atoms with Gasteiger partial charge in [-0.05, 0) is 44.2 Å². The monoisotopic (exact) mass is 301 g/mol. The van der Waals surface area contributed by atoms with Crippen LogP contribution in [0.1, 0.15) is 29.9 Å². The highest BCUT2D eigenvalue weighted by molar-refractivity contribution is 5.90. The molecule has 0 bridgehead atoms. The first kappa shape index (κ1) is 15.8. The van der Waals surface area contributed by atoms with Crippen molar-refractivity contribution in [3.05, 3.63) is 53.9 Å². The van der Waals surface area contributed by atoms with Gasteiger partial charge in [-0.3, -0.25) is 4.98 Å². The predicted molar refractivity (Wildman–Crippen MR) is 82.1 cm³/mol. The van der Waals surface area contributed by atoms with Crippen LogP contribution in [0.4, 0.5) is 0 Å². The molecule has 1 heterocycles. The lowest BCUT2D eigenvalue weighted by atomic mass is 10.2. The summed E-state index contributed by atoms with van der Waals surface area (Å²) in [7, 11) is 1.53. The van der Waals surface area contributed by atoms with Crippen molar-refractivity contribution in [2.45, 2.75) is 26.6 Å². The van der Waals surface area contributed by atoms with Crippen LogP contribution in [-0.4, -0.2) is 24.2 Å². The summed E-state index contributed by atoms with van der Waals surface area (Å²) in [4.78, 5) is 16.2. The lowest BCUT2D eigenvalue weighted by Gasteiger charge is -2.14. The third kappa shape index (κ3) is 4.22. The quantitative estimate of drug-likeness (QED) is 0.767. The molecule has 1 aromatic carbocycles. The van der Waals surface area contributed by atoms with Crippen molar-refractivity contribution in [1.29, 1.82) is 0 Å². The maximum Gasteiger partial charge on any atom is 0.338 e. The molecule has 2 rings (SSSR count). The number of esters is 1. The lowest BCUT2D eigenvalue weighted by Crippen LogP contribution is -2.09. The Labute approximate surface area is 129 Å². The van der Waals surface area contributed by atoms with Gasteiger partial charge in [0.2, 0.25) is 0 Å². The molecule has 5 heteroatoms. The van der Waals surface area contributed by atoms with Gasteiger partial charge in [0.1, 0.15) is 6.61 Å². The summed E-state index contributed by atoms with van der Waals surface area (Å²) in [5, 5.41) is 0. The number of aromatic nitrogens is 1. The highest BCUT2D eigenvalue weighted by Gasteiger charge is 2.13. The van der Waals surface area contributed by atoms with Gasteiger partial charge in [0, 0.05) is 6.20 Å². The molecule has 0 N–H and O–H groups in total. The summed E-state index contributed by atoms with van der Waals surface area (Å²) in [6.07, 6.45) is 1.68. The van der Waals surface area contributed by atoms with Crippen LogP contribution in [0.3, 0.4) is 0 Å². The molecule has 0 aliphatic heterocycles. The van der Waals surface area contributed by atoms with Gasteiger partial charge in [-0.25, -0.2) is 4.79 Å². The van der Waals surface area contributed by atoms with E-state index in [9.17, 15) is 4.79 Å². The van der Waals surface area contributed by atoms with E-state index in [4.69, 9.17) is 14.2 Å². The van der Waals surface area contributed by atoms with Gasteiger partial charge in [0.25, 0.3) is 0 Å². The summed E-state index contributed by atoms with van der Waals surface area (Å²) in [6.45, 7) is 3.98. The van der Waals surface area contributed by atoms with Crippen molar-refractivity contribution in [2.75, 3.05) is 7.11 Å². The van der Waals surface area contributed by atoms with Crippen molar-refractivity contribution in [3.63, 3.8) is 0 Å². The Kier molecular flexibility index (Phi) is 5.36. The van der Waals surface area contributed by atoms with E-state index in [0.717, 1.165) is 0 Å². The molecule has 0 spiro atoms. The molecule has 0 saturated carbocycles. The van der Waals surface area contributed by atoms with Crippen LogP contribution in [0.15, 0.2) is 42.6 Å². The molecule has 0 unspecified atom stereocenters. The summed E-state index contributed by atoms with van der Waals surface area (Å²) >= 11 is 0. The molecule has 0 fully saturated rings. The third-order valence-electron chi connectivity index (χ3n) is 2.84. The molecule has 5 nitrogen and oxygen atoms in total. The van der Waals surface area contributed by atoms with Crippen LogP contribution < -0.4 is 9.47 Å². The first-order chi connectivity index (χ1) is 10.6. The van der Waals surface area contributed by atoms with E-state index in [0.29, 0.717) is 22.8 Å². The van der Waals surface area contributed by atoms with Gasteiger partial charge in [0.05, 0.1) is 24.5 Å². The molecule has 116 valence electrons. The maximum absolute atomic E-state index is 12.1. The molecular weight excluding hydrogens is 282 g/mol. The second-order valence-corrected chi connectivity index (χ2v) is 4.93. The van der Waals surface area contributed by atoms with E-state index in [2.05, 4.69) is 4.98 Å². The SMILES string of the molecule is COc1cc(C(=O)OCc2ccccn2)ccc1OC(C)C. The molecular formula is C17H19NO4. The number of ether oxygens (including phenoxy) is 3. The number of rotatable bonds is 6. The summed E-state index contributed by atoms with van der Waals surface area (Å²) in [5.41, 5.74) is 1.10. The molecule has 0 amide bonds. The Bertz CT molecular complexity index is 626. The van der Waals surface area contributed by atoms with Crippen molar-refractivity contribution in [3.8, 4) is 11.5 Å². The Morgan fingerprint density at radius 3 is 2.64 bits per heavy atom. The zero-order chi connectivity index (χ0) is 15.9. The van der Waals surface area contributed by atoms with Crippen LogP contribution in [0.5, 0.6) is 11.5 Å². The van der Waals surface area contributed by atoms with Crippen molar-refractivity contribution >= 4 is 5.97 Å². The minimum absolute atomic E-state index is 0.0239. The topological polar surface area (TPSA) is 57.7 Å². The fraction of sp³-hybridized carbons (Fsp3) is 0.294. The molecule has 0 radical (unpaired) electrons. The zero-order valence-electron chi connectivity index (χ0n) is 12.9. The molecule has 0 atom stereocenters. The normalized spacial score (nSPS) is 10.4. The molecule has 2 aromatic rings. The van der Waals surface area contributed by atoms with E-state index in [-0.39, 0.29) is 12.7 Å². The summed E-state index contributed by atoms with van der Waals surface area (Å²) < 4.78 is 16.1. The minimum Gasteiger partial charge on any atom is -0.493 e. The second kappa shape index (κ2) is 7.45. The fourth-order valence-corrected chi connectivity index (χ4v) is 1.85. The smallest absolute Gasteiger partial charge is 0.338 e. The number of carbonyl (C=O) groups excluding carboxylic acids is 1. The summed E-state index contributed by atoms with van der Waals surface area (Å²) in [6, 6.07) is 10.4. The number of benzene rings is 1. The van der Waals surface area contributed by atoms with E-state index < -0.39 is 5.97 Å². The van der Waals surface area contributed by atoms with Crippen molar-refractivity contribution < 1.29 is 19.0 Å². The third-order valence-corrected chi connectivity index (χ3v) is 2.84. The molecule has 0 saturated heterocycles. The van der Waals surface area contributed by atoms with E-state index >= 15 is 0 Å². The Morgan fingerprint density at radius 2 is 2.00 bits per heavy atom. The molecule has 0 aliphatic rings. The number of pyridine rings is 1. The van der Waals surface area contributed by atoms with Crippen LogP contribution in [0.2, 0.25) is 0 Å². The first-order valence-corrected chi connectivity index (χ1v) is 7.02. The van der Waals surface area contributed by atoms with Gasteiger partial charge in [0.15, 0.2) is 11.5 Å². The standard InChI is InChI=1S/C17H19NO4/c1-12(2)22-15-8-7-13(10-16(15)20-3)17(19)21-11-14-6-4-5-9-18-14/h4-10,12H,11H2,1-3H3. The average molecular weight is 301 g/mol.